The van der Waals surface area contributed by atoms with Crippen LogP contribution < -0.4 is 9.46 Å². The van der Waals surface area contributed by atoms with E-state index in [4.69, 9.17) is 4.74 Å². The summed E-state index contributed by atoms with van der Waals surface area (Å²) in [6.07, 6.45) is 1.75. The number of sulfonamides is 1. The van der Waals surface area contributed by atoms with Gasteiger partial charge in [0.15, 0.2) is 0 Å². The number of hydrogen-bond donors (Lipinski definition) is 1. The first-order valence-corrected chi connectivity index (χ1v) is 13.0. The van der Waals surface area contributed by atoms with E-state index >= 15 is 0 Å². The fraction of sp³-hybridized carbons (Fsp3) is 0.296. The van der Waals surface area contributed by atoms with Crippen LogP contribution in [0.2, 0.25) is 0 Å². The number of ether oxygens (including phenoxy) is 1. The number of likely N-dealkylation sites (tertiary alicyclic amines) is 1. The molecule has 4 rings (SSSR count). The highest BCUT2D eigenvalue weighted by Gasteiger charge is 2.25. The van der Waals surface area contributed by atoms with Crippen molar-refractivity contribution in [2.45, 2.75) is 31.6 Å². The van der Waals surface area contributed by atoms with Crippen LogP contribution in [0, 0.1) is 19.8 Å². The zero-order chi connectivity index (χ0) is 24.1. The number of amides is 1. The predicted octanol–water partition coefficient (Wildman–Crippen LogP) is 5.04. The fourth-order valence-corrected chi connectivity index (χ4v) is 5.52. The van der Waals surface area contributed by atoms with Gasteiger partial charge in [-0.15, -0.1) is 0 Å². The Balaban J connectivity index is 1.37. The molecule has 3 aromatic rings. The first-order valence-electron chi connectivity index (χ1n) is 11.5. The van der Waals surface area contributed by atoms with E-state index in [1.807, 2.05) is 48.2 Å². The van der Waals surface area contributed by atoms with Crippen LogP contribution in [0.25, 0.3) is 0 Å². The number of nitrogens with zero attached hydrogens (tertiary/aromatic N) is 1. The minimum absolute atomic E-state index is 0.0878. The maximum atomic E-state index is 13.1. The lowest BCUT2D eigenvalue weighted by molar-refractivity contribution is 0.0661. The molecule has 0 aliphatic carbocycles. The Labute approximate surface area is 201 Å². The summed E-state index contributed by atoms with van der Waals surface area (Å²) < 4.78 is 34.4. The quantitative estimate of drug-likeness (QED) is 0.516. The van der Waals surface area contributed by atoms with Gasteiger partial charge in [-0.05, 0) is 80.1 Å². The minimum Gasteiger partial charge on any atom is -0.493 e. The normalized spacial score (nSPS) is 14.6. The molecule has 0 unspecified atom stereocenters. The molecular formula is C27H30N2O4S. The number of hydrogen-bond acceptors (Lipinski definition) is 4. The monoisotopic (exact) mass is 478 g/mol. The van der Waals surface area contributed by atoms with E-state index < -0.39 is 10.0 Å². The lowest BCUT2D eigenvalue weighted by Gasteiger charge is -2.32. The van der Waals surface area contributed by atoms with Crippen LogP contribution in [0.3, 0.4) is 0 Å². The van der Waals surface area contributed by atoms with E-state index in [-0.39, 0.29) is 10.8 Å². The molecule has 1 N–H and O–H groups in total. The Morgan fingerprint density at radius 1 is 0.971 bits per heavy atom. The van der Waals surface area contributed by atoms with Gasteiger partial charge < -0.3 is 9.64 Å². The van der Waals surface area contributed by atoms with Crippen molar-refractivity contribution in [3.05, 3.63) is 89.5 Å². The van der Waals surface area contributed by atoms with Gasteiger partial charge in [0.2, 0.25) is 0 Å². The van der Waals surface area contributed by atoms with Gasteiger partial charge in [-0.1, -0.05) is 36.4 Å². The van der Waals surface area contributed by atoms with Gasteiger partial charge in [-0.2, -0.15) is 0 Å². The van der Waals surface area contributed by atoms with Gasteiger partial charge in [-0.25, -0.2) is 8.42 Å². The van der Waals surface area contributed by atoms with Crippen molar-refractivity contribution < 1.29 is 17.9 Å². The van der Waals surface area contributed by atoms with E-state index in [1.165, 1.54) is 0 Å². The molecule has 1 aliphatic rings. The zero-order valence-corrected chi connectivity index (χ0v) is 20.3. The Bertz CT molecular complexity index is 1250. The summed E-state index contributed by atoms with van der Waals surface area (Å²) in [7, 11) is -3.76. The molecule has 7 heteroatoms. The fourth-order valence-electron chi connectivity index (χ4n) is 4.14. The van der Waals surface area contributed by atoms with Gasteiger partial charge >= 0.3 is 0 Å². The Hall–Kier alpha value is -3.32. The summed E-state index contributed by atoms with van der Waals surface area (Å²) in [5, 5.41) is 0. The van der Waals surface area contributed by atoms with Crippen molar-refractivity contribution in [2.24, 2.45) is 5.92 Å². The third-order valence-corrected chi connectivity index (χ3v) is 7.65. The van der Waals surface area contributed by atoms with Gasteiger partial charge in [0.05, 0.1) is 11.5 Å². The molecule has 0 atom stereocenters. The molecule has 1 fully saturated rings. The van der Waals surface area contributed by atoms with E-state index in [2.05, 4.69) is 4.72 Å². The minimum atomic E-state index is -3.76. The van der Waals surface area contributed by atoms with E-state index in [0.29, 0.717) is 42.4 Å². The highest BCUT2D eigenvalue weighted by atomic mass is 32.2. The van der Waals surface area contributed by atoms with Crippen molar-refractivity contribution >= 4 is 21.6 Å². The zero-order valence-electron chi connectivity index (χ0n) is 19.5. The second kappa shape index (κ2) is 10.3. The first kappa shape index (κ1) is 23.8. The number of carbonyl (C=O) groups excluding carboxylic acids is 1. The van der Waals surface area contributed by atoms with Crippen molar-refractivity contribution in [1.29, 1.82) is 0 Å². The number of rotatable bonds is 7. The van der Waals surface area contributed by atoms with Crippen LogP contribution >= 0.6 is 0 Å². The molecule has 0 aromatic heterocycles. The van der Waals surface area contributed by atoms with E-state index in [0.717, 1.165) is 24.2 Å². The van der Waals surface area contributed by atoms with Crippen molar-refractivity contribution in [3.8, 4) is 5.75 Å². The highest BCUT2D eigenvalue weighted by Crippen LogP contribution is 2.24. The first-order chi connectivity index (χ1) is 16.3. The Kier molecular flexibility index (Phi) is 7.22. The van der Waals surface area contributed by atoms with E-state index in [9.17, 15) is 13.2 Å². The molecule has 178 valence electrons. The van der Waals surface area contributed by atoms with Crippen LogP contribution in [0.5, 0.6) is 5.75 Å². The number of piperidine rings is 1. The molecule has 1 heterocycles. The highest BCUT2D eigenvalue weighted by molar-refractivity contribution is 7.92. The third kappa shape index (κ3) is 5.78. The maximum absolute atomic E-state index is 13.1. The second-order valence-electron chi connectivity index (χ2n) is 8.81. The van der Waals surface area contributed by atoms with Gasteiger partial charge in [0, 0.05) is 24.3 Å². The molecule has 6 nitrogen and oxygen atoms in total. The third-order valence-electron chi connectivity index (χ3n) is 6.13. The molecule has 1 aliphatic heterocycles. The molecule has 3 aromatic carbocycles. The molecule has 34 heavy (non-hydrogen) atoms. The molecule has 1 amide bonds. The number of anilines is 1. The van der Waals surface area contributed by atoms with Gasteiger partial charge in [-0.3, -0.25) is 9.52 Å². The van der Waals surface area contributed by atoms with Crippen molar-refractivity contribution in [2.75, 3.05) is 24.4 Å². The maximum Gasteiger partial charge on any atom is 0.262 e. The summed E-state index contributed by atoms with van der Waals surface area (Å²) in [6.45, 7) is 5.57. The van der Waals surface area contributed by atoms with Crippen molar-refractivity contribution in [3.63, 3.8) is 0 Å². The van der Waals surface area contributed by atoms with Crippen LogP contribution in [0.1, 0.15) is 34.3 Å². The topological polar surface area (TPSA) is 75.7 Å². The summed E-state index contributed by atoms with van der Waals surface area (Å²) in [5.74, 6) is 1.18. The van der Waals surface area contributed by atoms with Crippen LogP contribution in [0.15, 0.2) is 77.7 Å². The second-order valence-corrected chi connectivity index (χ2v) is 10.5. The lowest BCUT2D eigenvalue weighted by atomic mass is 9.97. The number of aryl methyl sites for hydroxylation is 2. The average Bonchev–Trinajstić information content (AvgIpc) is 2.84. The SMILES string of the molecule is Cc1ccc(C)c(S(=O)(=O)Nc2cccc(C(=O)N3CCC(COc4ccccc4)CC3)c2)c1. The van der Waals surface area contributed by atoms with Gasteiger partial charge in [0.1, 0.15) is 5.75 Å². The van der Waals surface area contributed by atoms with Crippen LogP contribution in [0.4, 0.5) is 5.69 Å². The lowest BCUT2D eigenvalue weighted by Crippen LogP contribution is -2.39. The molecule has 0 saturated carbocycles. The van der Waals surface area contributed by atoms with Crippen LogP contribution in [-0.4, -0.2) is 38.9 Å². The van der Waals surface area contributed by atoms with Gasteiger partial charge in [0.25, 0.3) is 15.9 Å². The summed E-state index contributed by atoms with van der Waals surface area (Å²) in [6, 6.07) is 21.8. The molecular weight excluding hydrogens is 448 g/mol. The number of nitrogens with one attached hydrogen (secondary N) is 1. The van der Waals surface area contributed by atoms with E-state index in [1.54, 1.807) is 43.3 Å². The molecule has 0 radical (unpaired) electrons. The molecule has 1 saturated heterocycles. The Morgan fingerprint density at radius 2 is 1.71 bits per heavy atom. The van der Waals surface area contributed by atoms with Crippen molar-refractivity contribution in [1.82, 2.24) is 4.90 Å². The van der Waals surface area contributed by atoms with Crippen LogP contribution in [-0.2, 0) is 10.0 Å². The summed E-state index contributed by atoms with van der Waals surface area (Å²) in [4.78, 5) is 15.2. The smallest absolute Gasteiger partial charge is 0.262 e. The number of benzene rings is 3. The largest absolute Gasteiger partial charge is 0.493 e. The summed E-state index contributed by atoms with van der Waals surface area (Å²) in [5.41, 5.74) is 2.38. The number of carbonyl (C=O) groups is 1. The molecule has 0 spiro atoms. The average molecular weight is 479 g/mol. The Morgan fingerprint density at radius 3 is 2.44 bits per heavy atom. The molecule has 0 bridgehead atoms. The standard InChI is InChI=1S/C27H30N2O4S/c1-20-11-12-21(2)26(17-20)34(31,32)28-24-8-6-7-23(18-24)27(30)29-15-13-22(14-16-29)19-33-25-9-4-3-5-10-25/h3-12,17-18,22,28H,13-16,19H2,1-2H3. The summed E-state index contributed by atoms with van der Waals surface area (Å²) >= 11 is 0. The predicted molar refractivity (Wildman–Crippen MR) is 134 cm³/mol. The number of para-hydroxylation sites is 1.